The molecule has 1 aliphatic rings. The molecule has 0 fully saturated rings. The molecule has 1 aromatic carbocycles. The van der Waals surface area contributed by atoms with E-state index in [1.807, 2.05) is 0 Å². The molecule has 0 spiro atoms. The van der Waals surface area contributed by atoms with Gasteiger partial charge >= 0.3 is 0 Å². The molecule has 1 heterocycles. The summed E-state index contributed by atoms with van der Waals surface area (Å²) >= 11 is 0. The van der Waals surface area contributed by atoms with Crippen molar-refractivity contribution in [3.63, 3.8) is 0 Å². The van der Waals surface area contributed by atoms with Crippen LogP contribution >= 0.6 is 0 Å². The first-order valence-electron chi connectivity index (χ1n) is 5.88. The molecule has 1 atom stereocenters. The van der Waals surface area contributed by atoms with Crippen LogP contribution in [0, 0.1) is 6.92 Å². The van der Waals surface area contributed by atoms with E-state index >= 15 is 0 Å². The van der Waals surface area contributed by atoms with Gasteiger partial charge in [-0.05, 0) is 51.3 Å². The molecule has 2 rings (SSSR count). The molecular weight excluding hydrogens is 196 g/mol. The van der Waals surface area contributed by atoms with E-state index in [2.05, 4.69) is 58.9 Å². The first kappa shape index (κ1) is 11.4. The summed E-state index contributed by atoms with van der Waals surface area (Å²) in [5, 5.41) is 0. The van der Waals surface area contributed by atoms with Gasteiger partial charge in [0.2, 0.25) is 0 Å². The second-order valence-electron chi connectivity index (χ2n) is 5.19. The van der Waals surface area contributed by atoms with E-state index in [-0.39, 0.29) is 11.7 Å². The number of rotatable bonds is 1. The molecule has 0 N–H and O–H groups in total. The monoisotopic (exact) mass is 216 g/mol. The summed E-state index contributed by atoms with van der Waals surface area (Å²) in [6.07, 6.45) is 0.228. The lowest BCUT2D eigenvalue weighted by atomic mass is 9.89. The second kappa shape index (κ2) is 3.74. The fraction of sp³-hybridized carbons (Fsp3) is 0.467. The van der Waals surface area contributed by atoms with Crippen molar-refractivity contribution in [1.29, 1.82) is 0 Å². The van der Waals surface area contributed by atoms with Gasteiger partial charge in [0.15, 0.2) is 0 Å². The zero-order valence-electron chi connectivity index (χ0n) is 10.8. The third kappa shape index (κ3) is 1.80. The van der Waals surface area contributed by atoms with Gasteiger partial charge in [0.1, 0.15) is 0 Å². The van der Waals surface area contributed by atoms with Gasteiger partial charge in [-0.1, -0.05) is 29.8 Å². The zero-order chi connectivity index (χ0) is 11.9. The van der Waals surface area contributed by atoms with E-state index in [4.69, 9.17) is 4.74 Å². The molecule has 86 valence electrons. The second-order valence-corrected chi connectivity index (χ2v) is 5.19. The minimum atomic E-state index is -0.168. The van der Waals surface area contributed by atoms with Crippen molar-refractivity contribution in [1.82, 2.24) is 0 Å². The predicted molar refractivity (Wildman–Crippen MR) is 68.4 cm³/mol. The normalized spacial score (nSPS) is 23.9. The van der Waals surface area contributed by atoms with Gasteiger partial charge in [-0.25, -0.2) is 0 Å². The molecule has 0 aromatic heterocycles. The van der Waals surface area contributed by atoms with Crippen LogP contribution in [0.15, 0.2) is 29.8 Å². The summed E-state index contributed by atoms with van der Waals surface area (Å²) in [6, 6.07) is 8.71. The Morgan fingerprint density at radius 1 is 1.06 bits per heavy atom. The molecule has 1 aliphatic heterocycles. The van der Waals surface area contributed by atoms with Gasteiger partial charge in [-0.15, -0.1) is 0 Å². The van der Waals surface area contributed by atoms with Gasteiger partial charge in [0, 0.05) is 0 Å². The maximum absolute atomic E-state index is 5.98. The van der Waals surface area contributed by atoms with E-state index in [0.29, 0.717) is 0 Å². The Morgan fingerprint density at radius 2 is 1.62 bits per heavy atom. The van der Waals surface area contributed by atoms with Crippen LogP contribution in [0.1, 0.15) is 38.8 Å². The summed E-state index contributed by atoms with van der Waals surface area (Å²) in [5.41, 5.74) is 5.12. The molecule has 1 aromatic rings. The number of hydrogen-bond donors (Lipinski definition) is 0. The van der Waals surface area contributed by atoms with Crippen molar-refractivity contribution in [3.8, 4) is 0 Å². The average Bonchev–Trinajstić information content (AvgIpc) is 2.39. The lowest BCUT2D eigenvalue weighted by molar-refractivity contribution is 0.0125. The first-order chi connectivity index (χ1) is 7.42. The lowest BCUT2D eigenvalue weighted by Gasteiger charge is -2.23. The van der Waals surface area contributed by atoms with Crippen molar-refractivity contribution in [2.75, 3.05) is 0 Å². The summed E-state index contributed by atoms with van der Waals surface area (Å²) in [4.78, 5) is 0. The number of hydrogen-bond acceptors (Lipinski definition) is 1. The molecule has 0 aliphatic carbocycles. The molecule has 1 nitrogen and oxygen atoms in total. The molecule has 16 heavy (non-hydrogen) atoms. The Bertz CT molecular complexity index is 423. The third-order valence-electron chi connectivity index (χ3n) is 3.42. The summed E-state index contributed by atoms with van der Waals surface area (Å²) in [7, 11) is 0. The predicted octanol–water partition coefficient (Wildman–Crippen LogP) is 3.97. The Hall–Kier alpha value is -1.08. The van der Waals surface area contributed by atoms with E-state index in [1.165, 1.54) is 22.3 Å². The van der Waals surface area contributed by atoms with Crippen LogP contribution in [0.5, 0.6) is 0 Å². The topological polar surface area (TPSA) is 9.23 Å². The van der Waals surface area contributed by atoms with Gasteiger partial charge in [0.25, 0.3) is 0 Å². The Morgan fingerprint density at radius 3 is 2.06 bits per heavy atom. The molecule has 1 unspecified atom stereocenters. The van der Waals surface area contributed by atoms with Crippen LogP contribution in [0.3, 0.4) is 0 Å². The number of benzene rings is 1. The fourth-order valence-electron chi connectivity index (χ4n) is 2.56. The summed E-state index contributed by atoms with van der Waals surface area (Å²) < 4.78 is 5.98. The fourth-order valence-corrected chi connectivity index (χ4v) is 2.56. The van der Waals surface area contributed by atoms with Gasteiger partial charge in [-0.3, -0.25) is 0 Å². The lowest BCUT2D eigenvalue weighted by Crippen LogP contribution is -2.23. The SMILES string of the molecule is CC1=C(c2ccc(C)cc2)C(C)(C)OC1C. The molecule has 0 radical (unpaired) electrons. The number of aryl methyl sites for hydroxylation is 1. The standard InChI is InChI=1S/C15H20O/c1-10-6-8-13(9-7-10)14-11(2)12(3)16-15(14,4)5/h6-9,12H,1-5H3. The van der Waals surface area contributed by atoms with Crippen LogP contribution in [0.25, 0.3) is 5.57 Å². The Balaban J connectivity index is 2.50. The van der Waals surface area contributed by atoms with Crippen molar-refractivity contribution in [3.05, 3.63) is 41.0 Å². The smallest absolute Gasteiger partial charge is 0.0889 e. The first-order valence-corrected chi connectivity index (χ1v) is 5.88. The highest BCUT2D eigenvalue weighted by Crippen LogP contribution is 2.41. The quantitative estimate of drug-likeness (QED) is 0.690. The molecule has 1 heteroatoms. The van der Waals surface area contributed by atoms with Gasteiger partial charge in [-0.2, -0.15) is 0 Å². The largest absolute Gasteiger partial charge is 0.364 e. The highest BCUT2D eigenvalue weighted by atomic mass is 16.5. The minimum absolute atomic E-state index is 0.168. The van der Waals surface area contributed by atoms with Crippen LogP contribution in [-0.4, -0.2) is 11.7 Å². The maximum atomic E-state index is 5.98. The molecule has 0 saturated heterocycles. The van der Waals surface area contributed by atoms with Crippen molar-refractivity contribution < 1.29 is 4.74 Å². The molecule has 0 saturated carbocycles. The Labute approximate surface area is 98.1 Å². The van der Waals surface area contributed by atoms with Crippen LogP contribution < -0.4 is 0 Å². The van der Waals surface area contributed by atoms with E-state index in [1.54, 1.807) is 0 Å². The van der Waals surface area contributed by atoms with E-state index in [0.717, 1.165) is 0 Å². The van der Waals surface area contributed by atoms with Crippen molar-refractivity contribution >= 4 is 5.57 Å². The maximum Gasteiger partial charge on any atom is 0.0889 e. The van der Waals surface area contributed by atoms with Crippen molar-refractivity contribution in [2.45, 2.75) is 46.3 Å². The molecule has 0 bridgehead atoms. The zero-order valence-corrected chi connectivity index (χ0v) is 10.8. The van der Waals surface area contributed by atoms with Crippen molar-refractivity contribution in [2.24, 2.45) is 0 Å². The third-order valence-corrected chi connectivity index (χ3v) is 3.42. The van der Waals surface area contributed by atoms with Gasteiger partial charge < -0.3 is 4.74 Å². The molecular formula is C15H20O. The molecule has 0 amide bonds. The van der Waals surface area contributed by atoms with Crippen LogP contribution in [0.2, 0.25) is 0 Å². The Kier molecular flexibility index (Phi) is 2.67. The summed E-state index contributed by atoms with van der Waals surface area (Å²) in [6.45, 7) is 10.7. The summed E-state index contributed by atoms with van der Waals surface area (Å²) in [5.74, 6) is 0. The van der Waals surface area contributed by atoms with Crippen LogP contribution in [-0.2, 0) is 4.74 Å². The van der Waals surface area contributed by atoms with E-state index in [9.17, 15) is 0 Å². The average molecular weight is 216 g/mol. The number of ether oxygens (including phenoxy) is 1. The highest BCUT2D eigenvalue weighted by Gasteiger charge is 2.36. The van der Waals surface area contributed by atoms with Crippen LogP contribution in [0.4, 0.5) is 0 Å². The van der Waals surface area contributed by atoms with Gasteiger partial charge in [0.05, 0.1) is 11.7 Å². The van der Waals surface area contributed by atoms with E-state index < -0.39 is 0 Å². The minimum Gasteiger partial charge on any atom is -0.364 e. The highest BCUT2D eigenvalue weighted by molar-refractivity contribution is 5.76.